The lowest BCUT2D eigenvalue weighted by Crippen LogP contribution is -2.47. The van der Waals surface area contributed by atoms with Crippen LogP contribution in [0.25, 0.3) is 0 Å². The van der Waals surface area contributed by atoms with Crippen LogP contribution in [0.15, 0.2) is 0 Å². The summed E-state index contributed by atoms with van der Waals surface area (Å²) >= 11 is 0. The van der Waals surface area contributed by atoms with Crippen LogP contribution >= 0.6 is 12.4 Å². The van der Waals surface area contributed by atoms with Gasteiger partial charge in [-0.15, -0.1) is 12.4 Å². The smallest absolute Gasteiger partial charge is 0.219 e. The lowest BCUT2D eigenvalue weighted by molar-refractivity contribution is -0.130. The van der Waals surface area contributed by atoms with E-state index in [9.17, 15) is 4.79 Å². The number of hydrogen-bond donors (Lipinski definition) is 0. The Morgan fingerprint density at radius 1 is 1.25 bits per heavy atom. The van der Waals surface area contributed by atoms with Crippen molar-refractivity contribution in [1.29, 1.82) is 0 Å². The van der Waals surface area contributed by atoms with Crippen molar-refractivity contribution in [3.63, 3.8) is 0 Å². The van der Waals surface area contributed by atoms with Crippen LogP contribution in [0, 0.1) is 0 Å². The highest BCUT2D eigenvalue weighted by molar-refractivity contribution is 5.85. The molecule has 0 aromatic rings. The fourth-order valence-corrected chi connectivity index (χ4v) is 1.38. The molecule has 0 bridgehead atoms. The van der Waals surface area contributed by atoms with Crippen molar-refractivity contribution in [3.05, 3.63) is 0 Å². The van der Waals surface area contributed by atoms with E-state index in [4.69, 9.17) is 0 Å². The van der Waals surface area contributed by atoms with Gasteiger partial charge in [-0.3, -0.25) is 4.79 Å². The van der Waals surface area contributed by atoms with Crippen molar-refractivity contribution >= 4 is 18.3 Å². The molecule has 0 N–H and O–H groups in total. The second-order valence-electron chi connectivity index (χ2n) is 2.94. The molecule has 12 heavy (non-hydrogen) atoms. The van der Waals surface area contributed by atoms with E-state index in [1.54, 1.807) is 6.92 Å². The van der Waals surface area contributed by atoms with Crippen molar-refractivity contribution in [3.8, 4) is 0 Å². The molecular weight excluding hydrogens is 176 g/mol. The van der Waals surface area contributed by atoms with Crippen LogP contribution in [0.2, 0.25) is 0 Å². The number of nitrogens with zero attached hydrogens (tertiary/aromatic N) is 2. The fraction of sp³-hybridized carbons (Fsp3) is 0.875. The number of likely N-dealkylation sites (N-methyl/N-ethyl adjacent to an activating group) is 1. The normalized spacial score (nSPS) is 18.7. The molecule has 0 spiro atoms. The zero-order valence-corrected chi connectivity index (χ0v) is 8.56. The largest absolute Gasteiger partial charge is 0.340 e. The standard InChI is InChI=1S/C8H16N2O.ClH/c1-3-9-4-6-10(7-5-9)8(2)11;/h3-7H2,1-2H3;1H. The molecule has 1 rings (SSSR count). The highest BCUT2D eigenvalue weighted by atomic mass is 35.5. The van der Waals surface area contributed by atoms with Crippen molar-refractivity contribution in [2.45, 2.75) is 13.8 Å². The fourth-order valence-electron chi connectivity index (χ4n) is 1.38. The molecule has 1 heterocycles. The minimum Gasteiger partial charge on any atom is -0.340 e. The molecule has 1 amide bonds. The summed E-state index contributed by atoms with van der Waals surface area (Å²) in [4.78, 5) is 15.2. The van der Waals surface area contributed by atoms with Gasteiger partial charge >= 0.3 is 0 Å². The molecule has 4 heteroatoms. The second kappa shape index (κ2) is 5.38. The van der Waals surface area contributed by atoms with Crippen LogP contribution < -0.4 is 0 Å². The highest BCUT2D eigenvalue weighted by Crippen LogP contribution is 2.00. The van der Waals surface area contributed by atoms with E-state index in [0.717, 1.165) is 32.7 Å². The highest BCUT2D eigenvalue weighted by Gasteiger charge is 2.16. The number of piperazine rings is 1. The van der Waals surface area contributed by atoms with Crippen LogP contribution in [-0.2, 0) is 4.79 Å². The summed E-state index contributed by atoms with van der Waals surface area (Å²) in [5.41, 5.74) is 0. The summed E-state index contributed by atoms with van der Waals surface area (Å²) in [7, 11) is 0. The van der Waals surface area contributed by atoms with Crippen molar-refractivity contribution < 1.29 is 4.79 Å². The van der Waals surface area contributed by atoms with Gasteiger partial charge in [-0.05, 0) is 6.54 Å². The lowest BCUT2D eigenvalue weighted by Gasteiger charge is -2.33. The Hall–Kier alpha value is -0.280. The van der Waals surface area contributed by atoms with Crippen LogP contribution in [0.3, 0.4) is 0 Å². The molecule has 1 fully saturated rings. The molecule has 0 radical (unpaired) electrons. The zero-order chi connectivity index (χ0) is 8.27. The molecule has 0 unspecified atom stereocenters. The van der Waals surface area contributed by atoms with Gasteiger partial charge < -0.3 is 9.80 Å². The average Bonchev–Trinajstić information content (AvgIpc) is 2.05. The summed E-state index contributed by atoms with van der Waals surface area (Å²) in [6.07, 6.45) is 0. The van der Waals surface area contributed by atoms with Crippen LogP contribution in [0.5, 0.6) is 0 Å². The van der Waals surface area contributed by atoms with Gasteiger partial charge in [0.15, 0.2) is 0 Å². The van der Waals surface area contributed by atoms with Crippen LogP contribution in [-0.4, -0.2) is 48.4 Å². The molecule has 72 valence electrons. The first-order chi connectivity index (χ1) is 5.24. The Morgan fingerprint density at radius 2 is 1.75 bits per heavy atom. The molecule has 3 nitrogen and oxygen atoms in total. The van der Waals surface area contributed by atoms with Crippen molar-refractivity contribution in [2.75, 3.05) is 32.7 Å². The third kappa shape index (κ3) is 2.99. The van der Waals surface area contributed by atoms with E-state index in [1.165, 1.54) is 0 Å². The predicted molar refractivity (Wildman–Crippen MR) is 51.6 cm³/mol. The predicted octanol–water partition coefficient (Wildman–Crippen LogP) is 0.592. The first-order valence-electron chi connectivity index (χ1n) is 4.22. The SMILES string of the molecule is CCN1CCN(C(C)=O)CC1.Cl. The van der Waals surface area contributed by atoms with Gasteiger partial charge in [0.05, 0.1) is 0 Å². The van der Waals surface area contributed by atoms with E-state index in [1.807, 2.05) is 4.90 Å². The average molecular weight is 193 g/mol. The molecule has 1 saturated heterocycles. The van der Waals surface area contributed by atoms with E-state index < -0.39 is 0 Å². The van der Waals surface area contributed by atoms with Gasteiger partial charge in [-0.2, -0.15) is 0 Å². The Morgan fingerprint density at radius 3 is 2.08 bits per heavy atom. The third-order valence-electron chi connectivity index (χ3n) is 2.26. The molecule has 1 aliphatic heterocycles. The number of rotatable bonds is 1. The number of amides is 1. The number of carbonyl (C=O) groups is 1. The molecule has 0 aliphatic carbocycles. The Labute approximate surface area is 80.1 Å². The summed E-state index contributed by atoms with van der Waals surface area (Å²) in [6.45, 7) is 8.79. The van der Waals surface area contributed by atoms with E-state index in [0.29, 0.717) is 0 Å². The summed E-state index contributed by atoms with van der Waals surface area (Å²) in [5.74, 6) is 0.209. The molecular formula is C8H17ClN2O. The Balaban J connectivity index is 0.00000121. The van der Waals surface area contributed by atoms with Gasteiger partial charge in [0.2, 0.25) is 5.91 Å². The Kier molecular flexibility index (Phi) is 5.25. The van der Waals surface area contributed by atoms with Gasteiger partial charge in [0.25, 0.3) is 0 Å². The molecule has 1 aliphatic rings. The third-order valence-corrected chi connectivity index (χ3v) is 2.26. The number of halogens is 1. The number of carbonyl (C=O) groups excluding carboxylic acids is 1. The van der Waals surface area contributed by atoms with Gasteiger partial charge in [0.1, 0.15) is 0 Å². The topological polar surface area (TPSA) is 23.6 Å². The van der Waals surface area contributed by atoms with Crippen molar-refractivity contribution in [2.24, 2.45) is 0 Å². The van der Waals surface area contributed by atoms with E-state index in [-0.39, 0.29) is 18.3 Å². The van der Waals surface area contributed by atoms with E-state index >= 15 is 0 Å². The molecule has 0 saturated carbocycles. The maximum absolute atomic E-state index is 10.9. The van der Waals surface area contributed by atoms with Crippen LogP contribution in [0.1, 0.15) is 13.8 Å². The maximum Gasteiger partial charge on any atom is 0.219 e. The van der Waals surface area contributed by atoms with Crippen molar-refractivity contribution in [1.82, 2.24) is 9.80 Å². The van der Waals surface area contributed by atoms with Crippen LogP contribution in [0.4, 0.5) is 0 Å². The van der Waals surface area contributed by atoms with Gasteiger partial charge in [-0.1, -0.05) is 6.92 Å². The van der Waals surface area contributed by atoms with Gasteiger partial charge in [-0.25, -0.2) is 0 Å². The first kappa shape index (κ1) is 11.7. The molecule has 0 aromatic carbocycles. The summed E-state index contributed by atoms with van der Waals surface area (Å²) < 4.78 is 0. The maximum atomic E-state index is 10.9. The lowest BCUT2D eigenvalue weighted by atomic mass is 10.3. The summed E-state index contributed by atoms with van der Waals surface area (Å²) in [6, 6.07) is 0. The minimum absolute atomic E-state index is 0. The van der Waals surface area contributed by atoms with Gasteiger partial charge in [0, 0.05) is 33.1 Å². The summed E-state index contributed by atoms with van der Waals surface area (Å²) in [5, 5.41) is 0. The number of hydrogen-bond acceptors (Lipinski definition) is 2. The minimum atomic E-state index is 0. The monoisotopic (exact) mass is 192 g/mol. The Bertz CT molecular complexity index is 144. The molecule has 0 atom stereocenters. The quantitative estimate of drug-likeness (QED) is 0.608. The first-order valence-corrected chi connectivity index (χ1v) is 4.22. The van der Waals surface area contributed by atoms with E-state index in [2.05, 4.69) is 11.8 Å². The zero-order valence-electron chi connectivity index (χ0n) is 7.75. The molecule has 0 aromatic heterocycles. The second-order valence-corrected chi connectivity index (χ2v) is 2.94.